The Bertz CT molecular complexity index is 189. The van der Waals surface area contributed by atoms with Crippen LogP contribution in [-0.2, 0) is 4.79 Å². The van der Waals surface area contributed by atoms with E-state index in [1.54, 1.807) is 0 Å². The van der Waals surface area contributed by atoms with E-state index in [4.69, 9.17) is 16.9 Å². The first kappa shape index (κ1) is 12.9. The summed E-state index contributed by atoms with van der Waals surface area (Å²) in [5, 5.41) is 8.40. The molecule has 0 bridgehead atoms. The average Bonchev–Trinajstić information content (AvgIpc) is 1.82. The molecule has 0 heterocycles. The smallest absolute Gasteiger partial charge is 0.402 e. The fraction of sp³-hybridized carbons (Fsp3) is 0.800. The van der Waals surface area contributed by atoms with Crippen LogP contribution in [0.5, 0.6) is 0 Å². The van der Waals surface area contributed by atoms with Gasteiger partial charge in [-0.2, -0.15) is 30.2 Å². The number of thiol groups is 1. The van der Waals surface area contributed by atoms with Crippen LogP contribution in [0.3, 0.4) is 0 Å². The van der Waals surface area contributed by atoms with Crippen LogP contribution in [0.25, 0.3) is 0 Å². The summed E-state index contributed by atoms with van der Waals surface area (Å²) in [6, 6.07) is -1.44. The second kappa shape index (κ2) is 4.92. The minimum absolute atomic E-state index is 0.176. The molecule has 0 saturated heterocycles. The van der Waals surface area contributed by atoms with Gasteiger partial charge in [-0.1, -0.05) is 0 Å². The van der Waals surface area contributed by atoms with E-state index in [9.17, 15) is 18.0 Å². The number of carbonyl (C=O) groups is 1. The highest BCUT2D eigenvalue weighted by atomic mass is 35.5. The predicted molar refractivity (Wildman–Crippen MR) is 43.9 cm³/mol. The number of nitrogens with zero attached hydrogens (tertiary/aromatic N) is 1. The number of carboxylic acids is 1. The van der Waals surface area contributed by atoms with Crippen LogP contribution in [0.4, 0.5) is 13.2 Å². The second-order valence-electron chi connectivity index (χ2n) is 2.21. The zero-order valence-electron chi connectivity index (χ0n) is 6.25. The van der Waals surface area contributed by atoms with Crippen molar-refractivity contribution in [2.45, 2.75) is 12.2 Å². The minimum Gasteiger partial charge on any atom is -0.480 e. The summed E-state index contributed by atoms with van der Waals surface area (Å²) in [6.45, 7) is -1.48. The monoisotopic (exact) mass is 237 g/mol. The van der Waals surface area contributed by atoms with Crippen molar-refractivity contribution in [2.75, 3.05) is 12.3 Å². The van der Waals surface area contributed by atoms with E-state index in [1.807, 2.05) is 0 Å². The summed E-state index contributed by atoms with van der Waals surface area (Å²) < 4.78 is 35.3. The van der Waals surface area contributed by atoms with Gasteiger partial charge in [0.2, 0.25) is 0 Å². The van der Waals surface area contributed by atoms with Crippen LogP contribution in [0, 0.1) is 0 Å². The van der Waals surface area contributed by atoms with Crippen molar-refractivity contribution in [3.8, 4) is 0 Å². The van der Waals surface area contributed by atoms with E-state index < -0.39 is 24.7 Å². The molecular weight excluding hydrogens is 231 g/mol. The van der Waals surface area contributed by atoms with Crippen molar-refractivity contribution < 1.29 is 23.1 Å². The fourth-order valence-corrected chi connectivity index (χ4v) is 1.31. The lowest BCUT2D eigenvalue weighted by Gasteiger charge is -2.20. The number of carboxylic acid groups (broad SMARTS) is 1. The molecule has 0 aromatic carbocycles. The summed E-state index contributed by atoms with van der Waals surface area (Å²) in [6.07, 6.45) is -4.52. The van der Waals surface area contributed by atoms with E-state index in [1.165, 1.54) is 0 Å². The fourth-order valence-electron chi connectivity index (χ4n) is 0.568. The third-order valence-corrected chi connectivity index (χ3v) is 1.83. The molecule has 1 N–H and O–H groups in total. The van der Waals surface area contributed by atoms with Crippen LogP contribution in [-0.4, -0.2) is 40.0 Å². The lowest BCUT2D eigenvalue weighted by Crippen LogP contribution is -2.41. The summed E-state index contributed by atoms with van der Waals surface area (Å²) in [5.41, 5.74) is 0. The van der Waals surface area contributed by atoms with Crippen molar-refractivity contribution in [1.29, 1.82) is 0 Å². The normalized spacial score (nSPS) is 14.6. The van der Waals surface area contributed by atoms with Gasteiger partial charge >= 0.3 is 12.1 Å². The summed E-state index contributed by atoms with van der Waals surface area (Å²) >= 11 is 8.68. The SMILES string of the molecule is O=C(O)[C@H](CS)N(Cl)CC(F)(F)F. The van der Waals surface area contributed by atoms with Gasteiger partial charge in [-0.15, -0.1) is 0 Å². The molecule has 0 aliphatic rings. The highest BCUT2D eigenvalue weighted by Crippen LogP contribution is 2.19. The summed E-state index contributed by atoms with van der Waals surface area (Å²) in [5.74, 6) is -1.72. The topological polar surface area (TPSA) is 40.5 Å². The van der Waals surface area contributed by atoms with Gasteiger partial charge in [0.15, 0.2) is 0 Å². The Morgan fingerprint density at radius 1 is 1.62 bits per heavy atom. The zero-order chi connectivity index (χ0) is 10.6. The number of halogens is 4. The molecule has 0 saturated carbocycles. The Labute approximate surface area is 83.0 Å². The highest BCUT2D eigenvalue weighted by molar-refractivity contribution is 7.80. The van der Waals surface area contributed by atoms with Crippen molar-refractivity contribution in [2.24, 2.45) is 0 Å². The first-order chi connectivity index (χ1) is 5.78. The minimum atomic E-state index is -4.52. The Balaban J connectivity index is 4.22. The summed E-state index contributed by atoms with van der Waals surface area (Å²) in [4.78, 5) is 10.3. The largest absolute Gasteiger partial charge is 0.480 e. The Kier molecular flexibility index (Phi) is 4.87. The van der Waals surface area contributed by atoms with Gasteiger partial charge in [-0.05, 0) is 11.8 Å². The maximum atomic E-state index is 11.7. The van der Waals surface area contributed by atoms with Gasteiger partial charge in [0, 0.05) is 5.75 Å². The molecule has 0 aliphatic carbocycles. The number of alkyl halides is 3. The standard InChI is InChI=1S/C5H7ClF3NO2S/c6-10(2-5(7,8)9)3(1-13)4(11)12/h3,13H,1-2H2,(H,11,12)/t3-/m0/s1. The molecule has 0 radical (unpaired) electrons. The second-order valence-corrected chi connectivity index (χ2v) is 3.01. The van der Waals surface area contributed by atoms with Gasteiger partial charge in [0.25, 0.3) is 0 Å². The molecule has 0 aromatic rings. The molecule has 0 spiro atoms. The first-order valence-corrected chi connectivity index (χ1v) is 4.08. The summed E-state index contributed by atoms with van der Waals surface area (Å²) in [7, 11) is 0. The van der Waals surface area contributed by atoms with Gasteiger partial charge in [-0.3, -0.25) is 4.79 Å². The van der Waals surface area contributed by atoms with Crippen molar-refractivity contribution in [3.63, 3.8) is 0 Å². The van der Waals surface area contributed by atoms with Gasteiger partial charge < -0.3 is 5.11 Å². The quantitative estimate of drug-likeness (QED) is 0.573. The molecule has 0 unspecified atom stereocenters. The molecule has 0 fully saturated rings. The Hall–Kier alpha value is -0.140. The van der Waals surface area contributed by atoms with Gasteiger partial charge in [-0.25, -0.2) is 0 Å². The number of hydrogen-bond acceptors (Lipinski definition) is 3. The van der Waals surface area contributed by atoms with Gasteiger partial charge in [0.1, 0.15) is 12.6 Å². The Morgan fingerprint density at radius 2 is 2.08 bits per heavy atom. The van der Waals surface area contributed by atoms with Crippen LogP contribution in [0.1, 0.15) is 0 Å². The third kappa shape index (κ3) is 5.22. The first-order valence-electron chi connectivity index (χ1n) is 3.10. The molecule has 0 aromatic heterocycles. The zero-order valence-corrected chi connectivity index (χ0v) is 7.90. The average molecular weight is 238 g/mol. The van der Waals surface area contributed by atoms with Crippen molar-refractivity contribution in [3.05, 3.63) is 0 Å². The molecule has 8 heteroatoms. The van der Waals surface area contributed by atoms with E-state index in [0.29, 0.717) is 0 Å². The van der Waals surface area contributed by atoms with Crippen molar-refractivity contribution >= 4 is 30.4 Å². The molecule has 3 nitrogen and oxygen atoms in total. The molecular formula is C5H7ClF3NO2S. The molecule has 0 amide bonds. The van der Waals surface area contributed by atoms with E-state index in [0.717, 1.165) is 0 Å². The van der Waals surface area contributed by atoms with Crippen molar-refractivity contribution in [1.82, 2.24) is 4.42 Å². The molecule has 13 heavy (non-hydrogen) atoms. The molecule has 1 atom stereocenters. The lowest BCUT2D eigenvalue weighted by atomic mass is 10.3. The lowest BCUT2D eigenvalue weighted by molar-refractivity contribution is -0.151. The van der Waals surface area contributed by atoms with Crippen LogP contribution in [0.2, 0.25) is 0 Å². The molecule has 0 rings (SSSR count). The Morgan fingerprint density at radius 3 is 2.31 bits per heavy atom. The van der Waals surface area contributed by atoms with E-state index in [2.05, 4.69) is 12.6 Å². The molecule has 0 aliphatic heterocycles. The van der Waals surface area contributed by atoms with Crippen LogP contribution >= 0.6 is 24.4 Å². The van der Waals surface area contributed by atoms with E-state index >= 15 is 0 Å². The number of rotatable bonds is 4. The van der Waals surface area contributed by atoms with Crippen LogP contribution < -0.4 is 0 Å². The third-order valence-electron chi connectivity index (χ3n) is 1.13. The molecule has 78 valence electrons. The van der Waals surface area contributed by atoms with E-state index in [-0.39, 0.29) is 10.2 Å². The highest BCUT2D eigenvalue weighted by Gasteiger charge is 2.35. The van der Waals surface area contributed by atoms with Gasteiger partial charge in [0.05, 0.1) is 0 Å². The number of aliphatic carboxylic acids is 1. The maximum Gasteiger partial charge on any atom is 0.402 e. The maximum absolute atomic E-state index is 11.7. The number of hydrogen-bond donors (Lipinski definition) is 2. The predicted octanol–water partition coefficient (Wildman–Crippen LogP) is 1.39. The van der Waals surface area contributed by atoms with Crippen LogP contribution in [0.15, 0.2) is 0 Å².